The first-order valence-corrected chi connectivity index (χ1v) is 8.96. The summed E-state index contributed by atoms with van der Waals surface area (Å²) in [6, 6.07) is 7.94. The zero-order valence-corrected chi connectivity index (χ0v) is 13.9. The quantitative estimate of drug-likeness (QED) is 0.829. The third-order valence-electron chi connectivity index (χ3n) is 4.12. The Bertz CT molecular complexity index is 713. The second kappa shape index (κ2) is 7.05. The van der Waals surface area contributed by atoms with Crippen LogP contribution in [-0.4, -0.2) is 16.8 Å². The Morgan fingerprint density at radius 1 is 1.27 bits per heavy atom. The molecule has 1 aliphatic carbocycles. The molecule has 0 spiro atoms. The molecule has 0 saturated heterocycles. The fraction of sp³-hybridized carbons (Fsp3) is 0.444. The van der Waals surface area contributed by atoms with Gasteiger partial charge in [0.25, 0.3) is 5.56 Å². The number of hydrogen-bond donors (Lipinski definition) is 0. The minimum atomic E-state index is 0.125. The molecule has 2 aromatic rings. The van der Waals surface area contributed by atoms with Gasteiger partial charge in [0.1, 0.15) is 0 Å². The molecule has 0 aromatic carbocycles. The molecule has 1 aliphatic rings. The maximum absolute atomic E-state index is 12.1. The second-order valence-electron chi connectivity index (χ2n) is 5.69. The van der Waals surface area contributed by atoms with Gasteiger partial charge in [0.2, 0.25) is 0 Å². The highest BCUT2D eigenvalue weighted by Crippen LogP contribution is 2.21. The van der Waals surface area contributed by atoms with Gasteiger partial charge in [0, 0.05) is 47.4 Å². The zero-order valence-electron chi connectivity index (χ0n) is 13.0. The molecule has 22 heavy (non-hydrogen) atoms. The lowest BCUT2D eigenvalue weighted by molar-refractivity contribution is 0.602. The van der Waals surface area contributed by atoms with Gasteiger partial charge >= 0.3 is 0 Å². The summed E-state index contributed by atoms with van der Waals surface area (Å²) in [6.45, 7) is 3.76. The summed E-state index contributed by atoms with van der Waals surface area (Å²) in [5, 5.41) is 2.11. The van der Waals surface area contributed by atoms with Gasteiger partial charge in [-0.25, -0.2) is 0 Å². The van der Waals surface area contributed by atoms with E-state index in [1.54, 1.807) is 17.4 Å². The Kier molecular flexibility index (Phi) is 4.88. The number of aliphatic imine (C=N–C) groups is 1. The highest BCUT2D eigenvalue weighted by molar-refractivity contribution is 7.09. The van der Waals surface area contributed by atoms with Gasteiger partial charge in [0.05, 0.1) is 0 Å². The van der Waals surface area contributed by atoms with E-state index in [-0.39, 0.29) is 5.56 Å². The molecule has 4 heteroatoms. The Balaban J connectivity index is 1.84. The van der Waals surface area contributed by atoms with Crippen molar-refractivity contribution in [3.05, 3.63) is 56.1 Å². The lowest BCUT2D eigenvalue weighted by Gasteiger charge is -2.22. The molecule has 0 bridgehead atoms. The lowest BCUT2D eigenvalue weighted by Crippen LogP contribution is -2.28. The first-order valence-electron chi connectivity index (χ1n) is 8.08. The van der Waals surface area contributed by atoms with Crippen LogP contribution in [0.1, 0.15) is 42.3 Å². The number of rotatable bonds is 5. The third-order valence-corrected chi connectivity index (χ3v) is 5.06. The average Bonchev–Trinajstić information content (AvgIpc) is 3.04. The Morgan fingerprint density at radius 3 is 2.95 bits per heavy atom. The zero-order chi connectivity index (χ0) is 15.4. The van der Waals surface area contributed by atoms with Crippen molar-refractivity contribution in [2.75, 3.05) is 6.54 Å². The van der Waals surface area contributed by atoms with Gasteiger partial charge in [-0.1, -0.05) is 13.0 Å². The van der Waals surface area contributed by atoms with Gasteiger partial charge in [0.15, 0.2) is 0 Å². The molecular weight excluding hydrogens is 292 g/mol. The number of nitrogens with zero attached hydrogens (tertiary/aromatic N) is 2. The van der Waals surface area contributed by atoms with Gasteiger partial charge in [-0.05, 0) is 43.2 Å². The topological polar surface area (TPSA) is 34.4 Å². The summed E-state index contributed by atoms with van der Waals surface area (Å²) in [5.74, 6) is 0. The Labute approximate surface area is 135 Å². The molecule has 0 N–H and O–H groups in total. The van der Waals surface area contributed by atoms with Crippen molar-refractivity contribution in [1.29, 1.82) is 0 Å². The number of pyridine rings is 1. The van der Waals surface area contributed by atoms with Crippen LogP contribution in [0.3, 0.4) is 0 Å². The van der Waals surface area contributed by atoms with Crippen molar-refractivity contribution in [1.82, 2.24) is 4.57 Å². The molecule has 0 amide bonds. The van der Waals surface area contributed by atoms with E-state index in [0.29, 0.717) is 0 Å². The molecule has 0 radical (unpaired) electrons. The van der Waals surface area contributed by atoms with E-state index in [1.807, 2.05) is 10.6 Å². The van der Waals surface area contributed by atoms with Gasteiger partial charge in [-0.15, -0.1) is 11.3 Å². The fourth-order valence-corrected chi connectivity index (χ4v) is 3.80. The van der Waals surface area contributed by atoms with E-state index in [0.717, 1.165) is 45.2 Å². The predicted molar refractivity (Wildman–Crippen MR) is 93.4 cm³/mol. The second-order valence-corrected chi connectivity index (χ2v) is 6.73. The number of aromatic nitrogens is 1. The minimum Gasteiger partial charge on any atom is -0.312 e. The van der Waals surface area contributed by atoms with E-state index in [4.69, 9.17) is 4.99 Å². The summed E-state index contributed by atoms with van der Waals surface area (Å²) in [7, 11) is 0. The van der Waals surface area contributed by atoms with Crippen LogP contribution in [0.2, 0.25) is 0 Å². The van der Waals surface area contributed by atoms with Crippen molar-refractivity contribution >= 4 is 17.0 Å². The highest BCUT2D eigenvalue weighted by Gasteiger charge is 2.18. The number of thiophene rings is 1. The first kappa shape index (κ1) is 15.2. The van der Waals surface area contributed by atoms with Crippen LogP contribution in [0.25, 0.3) is 0 Å². The van der Waals surface area contributed by atoms with Gasteiger partial charge < -0.3 is 4.57 Å². The highest BCUT2D eigenvalue weighted by atomic mass is 32.1. The van der Waals surface area contributed by atoms with E-state index in [2.05, 4.69) is 24.4 Å². The maximum Gasteiger partial charge on any atom is 0.250 e. The Hall–Kier alpha value is -1.68. The van der Waals surface area contributed by atoms with Crippen LogP contribution in [0.4, 0.5) is 0 Å². The predicted octanol–water partition coefficient (Wildman–Crippen LogP) is 3.69. The van der Waals surface area contributed by atoms with Crippen molar-refractivity contribution in [3.63, 3.8) is 0 Å². The van der Waals surface area contributed by atoms with Crippen LogP contribution in [0, 0.1) is 0 Å². The molecule has 0 fully saturated rings. The van der Waals surface area contributed by atoms with E-state index >= 15 is 0 Å². The number of hydrogen-bond acceptors (Lipinski definition) is 3. The maximum atomic E-state index is 12.1. The molecule has 2 heterocycles. The van der Waals surface area contributed by atoms with Gasteiger partial charge in [-0.3, -0.25) is 9.79 Å². The Morgan fingerprint density at radius 2 is 2.18 bits per heavy atom. The normalized spacial score (nSPS) is 16.0. The van der Waals surface area contributed by atoms with Gasteiger partial charge in [-0.2, -0.15) is 0 Å². The van der Waals surface area contributed by atoms with Crippen molar-refractivity contribution in [2.45, 2.75) is 45.6 Å². The summed E-state index contributed by atoms with van der Waals surface area (Å²) in [5.41, 5.74) is 3.70. The van der Waals surface area contributed by atoms with Crippen molar-refractivity contribution in [2.24, 2.45) is 4.99 Å². The van der Waals surface area contributed by atoms with Crippen LogP contribution < -0.4 is 5.56 Å². The summed E-state index contributed by atoms with van der Waals surface area (Å²) < 4.78 is 1.95. The van der Waals surface area contributed by atoms with E-state index in [9.17, 15) is 4.79 Å². The van der Waals surface area contributed by atoms with E-state index in [1.165, 1.54) is 21.8 Å². The molecular formula is C18H22N2OS. The smallest absolute Gasteiger partial charge is 0.250 e. The molecule has 0 atom stereocenters. The molecule has 0 unspecified atom stereocenters. The minimum absolute atomic E-state index is 0.125. The summed E-state index contributed by atoms with van der Waals surface area (Å²) in [6.07, 6.45) is 5.11. The van der Waals surface area contributed by atoms with Crippen LogP contribution >= 0.6 is 11.3 Å². The fourth-order valence-electron chi connectivity index (χ4n) is 3.10. The standard InChI is InChI=1S/C18H22N2OS/c1-2-12-20-17-7-3-6-16(15(17)8-9-18(20)21)19-11-10-14-5-4-13-22-14/h4-5,8-9,13H,2-3,6-7,10-12H2,1H3. The molecule has 3 rings (SSSR count). The lowest BCUT2D eigenvalue weighted by atomic mass is 9.93. The summed E-state index contributed by atoms with van der Waals surface area (Å²) >= 11 is 1.79. The van der Waals surface area contributed by atoms with E-state index < -0.39 is 0 Å². The monoisotopic (exact) mass is 314 g/mol. The molecule has 2 aromatic heterocycles. The summed E-state index contributed by atoms with van der Waals surface area (Å²) in [4.78, 5) is 18.3. The van der Waals surface area contributed by atoms with Crippen LogP contribution in [0.5, 0.6) is 0 Å². The molecule has 3 nitrogen and oxygen atoms in total. The molecule has 0 saturated carbocycles. The first-order chi connectivity index (χ1) is 10.8. The van der Waals surface area contributed by atoms with Crippen LogP contribution in [-0.2, 0) is 19.4 Å². The van der Waals surface area contributed by atoms with Crippen LogP contribution in [0.15, 0.2) is 39.4 Å². The van der Waals surface area contributed by atoms with Crippen molar-refractivity contribution in [3.8, 4) is 0 Å². The largest absolute Gasteiger partial charge is 0.312 e. The number of fused-ring (bicyclic) bond motifs is 1. The SMILES string of the molecule is CCCn1c2c(ccc1=O)C(=NCCc1cccs1)CCC2. The molecule has 116 valence electrons. The van der Waals surface area contributed by atoms with Crippen molar-refractivity contribution < 1.29 is 0 Å². The molecule has 0 aliphatic heterocycles. The third kappa shape index (κ3) is 3.22. The average molecular weight is 314 g/mol.